The van der Waals surface area contributed by atoms with Crippen LogP contribution in [0.5, 0.6) is 0 Å². The van der Waals surface area contributed by atoms with Gasteiger partial charge in [0.2, 0.25) is 0 Å². The number of rotatable bonds is 7. The van der Waals surface area contributed by atoms with Gasteiger partial charge < -0.3 is 0 Å². The van der Waals surface area contributed by atoms with Crippen molar-refractivity contribution < 1.29 is 0 Å². The topological polar surface area (TPSA) is 0 Å². The molecule has 0 atom stereocenters. The normalized spacial score (nSPS) is 9.79. The molecule has 0 aromatic carbocycles. The van der Waals surface area contributed by atoms with E-state index in [4.69, 9.17) is 0 Å². The van der Waals surface area contributed by atoms with Crippen molar-refractivity contribution in [3.05, 3.63) is 22.4 Å². The number of unbranched alkanes of at least 4 members (excludes halogenated alkanes) is 5. The summed E-state index contributed by atoms with van der Waals surface area (Å²) in [5.41, 5.74) is 1.53. The average molecular weight is 207 g/mol. The first-order valence-corrected chi connectivity index (χ1v) is 6.39. The summed E-state index contributed by atoms with van der Waals surface area (Å²) >= 11 is 1.81. The summed E-state index contributed by atoms with van der Waals surface area (Å²) < 4.78 is 0. The summed E-state index contributed by atoms with van der Waals surface area (Å²) in [6.45, 7) is 2.27. The Morgan fingerprint density at radius 2 is 1.79 bits per heavy atom. The smallest absolute Gasteiger partial charge is 0 e. The summed E-state index contributed by atoms with van der Waals surface area (Å²) in [6, 6.07) is 2.25. The van der Waals surface area contributed by atoms with Crippen molar-refractivity contribution in [2.24, 2.45) is 0 Å². The fourth-order valence-corrected chi connectivity index (χ4v) is 2.25. The highest BCUT2D eigenvalue weighted by molar-refractivity contribution is 7.07. The van der Waals surface area contributed by atoms with E-state index in [1.54, 1.807) is 0 Å². The third-order valence-corrected chi connectivity index (χ3v) is 3.13. The van der Waals surface area contributed by atoms with Gasteiger partial charge in [0.25, 0.3) is 0 Å². The molecule has 0 saturated heterocycles. The van der Waals surface area contributed by atoms with E-state index in [1.807, 2.05) is 11.3 Å². The van der Waals surface area contributed by atoms with Gasteiger partial charge in [0.05, 0.1) is 0 Å². The lowest BCUT2D eigenvalue weighted by atomic mass is 10.1. The van der Waals surface area contributed by atoms with Crippen LogP contribution in [0.3, 0.4) is 0 Å². The van der Waals surface area contributed by atoms with Crippen LogP contribution in [0, 0.1) is 0 Å². The quantitative estimate of drug-likeness (QED) is 0.462. The van der Waals surface area contributed by atoms with Crippen LogP contribution in [-0.2, 0) is 6.42 Å². The summed E-state index contributed by atoms with van der Waals surface area (Å²) in [5.74, 6) is 0. The molecule has 0 aliphatic carbocycles. The lowest BCUT2D eigenvalue weighted by Crippen LogP contribution is -1.83. The fraction of sp³-hybridized carbons (Fsp3) is 0.667. The second-order valence-electron chi connectivity index (χ2n) is 3.65. The van der Waals surface area contributed by atoms with E-state index in [2.05, 4.69) is 23.8 Å². The van der Waals surface area contributed by atoms with E-state index < -0.39 is 0 Å². The van der Waals surface area contributed by atoms with Crippen LogP contribution < -0.4 is 0 Å². The molecule has 0 saturated carbocycles. The molecule has 0 bridgehead atoms. The van der Waals surface area contributed by atoms with Gasteiger partial charge in [-0.25, -0.2) is 0 Å². The zero-order valence-electron chi connectivity index (χ0n) is 9.17. The Labute approximate surface area is 94.3 Å². The molecule has 2 heteroatoms. The maximum absolute atomic E-state index is 2.27. The first-order valence-electron chi connectivity index (χ1n) is 5.44. The molecule has 1 heterocycles. The minimum atomic E-state index is 0. The number of hydrogen-bond donors (Lipinski definition) is 0. The monoisotopic (exact) mass is 207 g/mol. The third kappa shape index (κ3) is 6.25. The van der Waals surface area contributed by atoms with Crippen molar-refractivity contribution in [1.29, 1.82) is 0 Å². The van der Waals surface area contributed by atoms with E-state index in [-0.39, 0.29) is 8.41 Å². The van der Waals surface area contributed by atoms with Crippen molar-refractivity contribution in [2.75, 3.05) is 0 Å². The van der Waals surface area contributed by atoms with Gasteiger partial charge in [0.1, 0.15) is 0 Å². The van der Waals surface area contributed by atoms with Crippen molar-refractivity contribution in [3.63, 3.8) is 0 Å². The Hall–Kier alpha value is -0.235. The van der Waals surface area contributed by atoms with Crippen molar-refractivity contribution in [3.8, 4) is 0 Å². The third-order valence-electron chi connectivity index (χ3n) is 2.40. The number of thiophene rings is 1. The first-order chi connectivity index (χ1) is 6.43. The highest BCUT2D eigenvalue weighted by Crippen LogP contribution is 2.12. The van der Waals surface area contributed by atoms with Crippen molar-refractivity contribution >= 4 is 19.7 Å². The van der Waals surface area contributed by atoms with Gasteiger partial charge in [0, 0.05) is 8.41 Å². The Morgan fingerprint density at radius 1 is 1.07 bits per heavy atom. The largest absolute Gasteiger partial charge is 0.152 e. The summed E-state index contributed by atoms with van der Waals surface area (Å²) in [4.78, 5) is 0. The highest BCUT2D eigenvalue weighted by atomic mass is 32.1. The molecule has 0 aliphatic heterocycles. The molecular weight excluding hydrogens is 187 g/mol. The lowest BCUT2D eigenvalue weighted by Gasteiger charge is -1.99. The van der Waals surface area contributed by atoms with E-state index in [9.17, 15) is 0 Å². The first kappa shape index (κ1) is 13.8. The molecule has 0 fully saturated rings. The Kier molecular flexibility index (Phi) is 9.17. The Morgan fingerprint density at radius 3 is 2.43 bits per heavy atom. The SMILES string of the molecule is CCCCCCCCc1ccsc1.[B]. The molecule has 0 aliphatic rings. The predicted octanol–water partition coefficient (Wildman–Crippen LogP) is 4.27. The molecule has 0 amide bonds. The second kappa shape index (κ2) is 9.33. The van der Waals surface area contributed by atoms with Gasteiger partial charge in [0.15, 0.2) is 0 Å². The van der Waals surface area contributed by atoms with Gasteiger partial charge in [-0.15, -0.1) is 0 Å². The van der Waals surface area contributed by atoms with E-state index in [0.717, 1.165) is 0 Å². The predicted molar refractivity (Wildman–Crippen MR) is 67.2 cm³/mol. The maximum Gasteiger partial charge on any atom is 0 e. The molecule has 14 heavy (non-hydrogen) atoms. The van der Waals surface area contributed by atoms with Crippen LogP contribution in [0.1, 0.15) is 51.0 Å². The highest BCUT2D eigenvalue weighted by Gasteiger charge is 1.93. The molecule has 77 valence electrons. The number of hydrogen-bond acceptors (Lipinski definition) is 1. The van der Waals surface area contributed by atoms with Crippen molar-refractivity contribution in [1.82, 2.24) is 0 Å². The standard InChI is InChI=1S/C12H20S.B/c1-2-3-4-5-6-7-8-12-9-10-13-11-12;/h9-11H,2-8H2,1H3;. The maximum atomic E-state index is 2.27. The van der Waals surface area contributed by atoms with Crippen LogP contribution in [-0.4, -0.2) is 8.41 Å². The van der Waals surface area contributed by atoms with Crippen LogP contribution in [0.4, 0.5) is 0 Å². The summed E-state index contributed by atoms with van der Waals surface area (Å²) in [6.07, 6.45) is 9.70. The summed E-state index contributed by atoms with van der Waals surface area (Å²) in [7, 11) is 0. The minimum absolute atomic E-state index is 0. The minimum Gasteiger partial charge on any atom is -0.152 e. The Balaban J connectivity index is 0.00000169. The Bertz CT molecular complexity index is 194. The lowest BCUT2D eigenvalue weighted by molar-refractivity contribution is 0.608. The van der Waals surface area contributed by atoms with Crippen molar-refractivity contribution in [2.45, 2.75) is 51.9 Å². The van der Waals surface area contributed by atoms with Gasteiger partial charge in [-0.3, -0.25) is 0 Å². The number of aryl methyl sites for hydroxylation is 1. The molecule has 0 N–H and O–H groups in total. The van der Waals surface area contributed by atoms with Crippen LogP contribution in [0.2, 0.25) is 0 Å². The second-order valence-corrected chi connectivity index (χ2v) is 4.43. The molecule has 1 aromatic rings. The van der Waals surface area contributed by atoms with Gasteiger partial charge in [-0.05, 0) is 35.2 Å². The van der Waals surface area contributed by atoms with Crippen LogP contribution >= 0.6 is 11.3 Å². The van der Waals surface area contributed by atoms with E-state index in [1.165, 1.54) is 50.5 Å². The molecule has 0 spiro atoms. The van der Waals surface area contributed by atoms with E-state index in [0.29, 0.717) is 0 Å². The molecule has 3 radical (unpaired) electrons. The molecule has 0 unspecified atom stereocenters. The zero-order chi connectivity index (χ0) is 9.36. The zero-order valence-corrected chi connectivity index (χ0v) is 9.98. The van der Waals surface area contributed by atoms with Gasteiger partial charge in [-0.1, -0.05) is 39.0 Å². The fourth-order valence-electron chi connectivity index (χ4n) is 1.54. The van der Waals surface area contributed by atoms with Crippen LogP contribution in [0.15, 0.2) is 16.8 Å². The average Bonchev–Trinajstić information content (AvgIpc) is 2.63. The summed E-state index contributed by atoms with van der Waals surface area (Å²) in [5, 5.41) is 4.44. The van der Waals surface area contributed by atoms with Gasteiger partial charge in [-0.2, -0.15) is 11.3 Å². The molecule has 0 nitrogen and oxygen atoms in total. The molecule has 1 aromatic heterocycles. The van der Waals surface area contributed by atoms with E-state index >= 15 is 0 Å². The van der Waals surface area contributed by atoms with Gasteiger partial charge >= 0.3 is 0 Å². The van der Waals surface area contributed by atoms with Crippen LogP contribution in [0.25, 0.3) is 0 Å². The molecule has 1 rings (SSSR count). The molecular formula is C12H20BS.